The SMILES string of the molecule is C=CCN(Cc1ccccc1)C(=O)C1N(CCO)C(=O)[C@@H]2[C@@H](C(=O)N(CC=C)c3ccccc3)[C@@H]3SC12CC3Br. The van der Waals surface area contributed by atoms with E-state index in [1.165, 1.54) is 4.90 Å². The van der Waals surface area contributed by atoms with E-state index in [-0.39, 0.29) is 41.0 Å². The van der Waals surface area contributed by atoms with Gasteiger partial charge in [0.25, 0.3) is 0 Å². The lowest BCUT2D eigenvalue weighted by Crippen LogP contribution is -2.56. The summed E-state index contributed by atoms with van der Waals surface area (Å²) in [6, 6.07) is 18.3. The van der Waals surface area contributed by atoms with Crippen LogP contribution in [0.15, 0.2) is 86.0 Å². The number of aliphatic hydroxyl groups is 1. The molecule has 0 aromatic heterocycles. The Morgan fingerprint density at radius 2 is 1.70 bits per heavy atom. The number of benzene rings is 2. The number of nitrogens with zero attached hydrogens (tertiary/aromatic N) is 3. The predicted molar refractivity (Wildman–Crippen MR) is 162 cm³/mol. The van der Waals surface area contributed by atoms with E-state index in [0.29, 0.717) is 26.1 Å². The molecular formula is C31H34BrN3O4S. The van der Waals surface area contributed by atoms with Gasteiger partial charge in [-0.15, -0.1) is 24.9 Å². The Kier molecular flexibility index (Phi) is 8.54. The molecule has 2 bridgehead atoms. The maximum Gasteiger partial charge on any atom is 0.247 e. The fourth-order valence-electron chi connectivity index (χ4n) is 6.64. The monoisotopic (exact) mass is 623 g/mol. The van der Waals surface area contributed by atoms with Gasteiger partial charge in [0.1, 0.15) is 6.04 Å². The van der Waals surface area contributed by atoms with Crippen LogP contribution in [0, 0.1) is 11.8 Å². The third-order valence-electron chi connectivity index (χ3n) is 8.17. The lowest BCUT2D eigenvalue weighted by molar-refractivity contribution is -0.143. The first-order chi connectivity index (χ1) is 19.4. The van der Waals surface area contributed by atoms with Crippen molar-refractivity contribution in [3.8, 4) is 0 Å². The number of amides is 3. The van der Waals surface area contributed by atoms with Gasteiger partial charge in [-0.1, -0.05) is 76.6 Å². The molecule has 3 unspecified atom stereocenters. The maximum absolute atomic E-state index is 14.4. The van der Waals surface area contributed by atoms with Crippen LogP contribution in [0.3, 0.4) is 0 Å². The van der Waals surface area contributed by atoms with Crippen LogP contribution >= 0.6 is 27.7 Å². The third kappa shape index (κ3) is 4.82. The Labute approximate surface area is 248 Å². The van der Waals surface area contributed by atoms with Crippen molar-refractivity contribution in [3.05, 3.63) is 91.5 Å². The lowest BCUT2D eigenvalue weighted by Gasteiger charge is -2.38. The summed E-state index contributed by atoms with van der Waals surface area (Å²) in [5.74, 6) is -1.83. The van der Waals surface area contributed by atoms with Crippen molar-refractivity contribution in [2.45, 2.75) is 33.8 Å². The van der Waals surface area contributed by atoms with Gasteiger partial charge in [0.15, 0.2) is 0 Å². The standard InChI is InChI=1S/C31H34BrN3O4S/c1-3-15-33(20-21-11-7-5-8-12-21)30(39)27-31-19-23(32)26(40-31)24(25(31)29(38)35(27)17-18-36)28(37)34(16-4-2)22-13-9-6-10-14-22/h3-14,23-27,36H,1-2,15-20H2/t23?,24-,25+,26-,27?,31?/m1/s1. The minimum atomic E-state index is -0.793. The molecule has 7 nitrogen and oxygen atoms in total. The molecule has 9 heteroatoms. The second-order valence-electron chi connectivity index (χ2n) is 10.5. The van der Waals surface area contributed by atoms with Gasteiger partial charge >= 0.3 is 0 Å². The molecule has 3 heterocycles. The van der Waals surface area contributed by atoms with Crippen LogP contribution in [0.5, 0.6) is 0 Å². The van der Waals surface area contributed by atoms with E-state index < -0.39 is 22.6 Å². The fourth-order valence-corrected chi connectivity index (χ4v) is 10.2. The Morgan fingerprint density at radius 3 is 2.33 bits per heavy atom. The summed E-state index contributed by atoms with van der Waals surface area (Å²) in [7, 11) is 0. The minimum Gasteiger partial charge on any atom is -0.395 e. The van der Waals surface area contributed by atoms with Gasteiger partial charge in [-0.2, -0.15) is 0 Å². The molecule has 3 amide bonds. The molecule has 3 aliphatic rings. The molecule has 2 aromatic rings. The number of alkyl halides is 1. The Morgan fingerprint density at radius 1 is 1.05 bits per heavy atom. The number of para-hydroxylation sites is 1. The third-order valence-corrected chi connectivity index (χ3v) is 11.4. The van der Waals surface area contributed by atoms with Crippen LogP contribution in [-0.2, 0) is 20.9 Å². The smallest absolute Gasteiger partial charge is 0.247 e. The highest BCUT2D eigenvalue weighted by Gasteiger charge is 2.76. The number of halogens is 1. The highest BCUT2D eigenvalue weighted by atomic mass is 79.9. The maximum atomic E-state index is 14.4. The fraction of sp³-hybridized carbons (Fsp3) is 0.387. The molecule has 5 rings (SSSR count). The van der Waals surface area contributed by atoms with E-state index in [0.717, 1.165) is 11.3 Å². The van der Waals surface area contributed by atoms with E-state index in [9.17, 15) is 19.5 Å². The van der Waals surface area contributed by atoms with Crippen molar-refractivity contribution >= 4 is 51.1 Å². The Hall–Kier alpha value is -2.88. The summed E-state index contributed by atoms with van der Waals surface area (Å²) in [5.41, 5.74) is 1.72. The molecule has 40 heavy (non-hydrogen) atoms. The number of hydrogen-bond acceptors (Lipinski definition) is 5. The summed E-state index contributed by atoms with van der Waals surface area (Å²) in [6.45, 7) is 8.49. The van der Waals surface area contributed by atoms with Crippen molar-refractivity contribution in [1.29, 1.82) is 0 Å². The number of fused-ring (bicyclic) bond motifs is 1. The Balaban J connectivity index is 1.53. The molecule has 3 fully saturated rings. The molecule has 6 atom stereocenters. The molecule has 3 saturated heterocycles. The van der Waals surface area contributed by atoms with Gasteiger partial charge < -0.3 is 19.8 Å². The molecule has 2 aromatic carbocycles. The molecule has 3 aliphatic heterocycles. The van der Waals surface area contributed by atoms with Crippen molar-refractivity contribution < 1.29 is 19.5 Å². The second kappa shape index (κ2) is 11.9. The number of aliphatic hydroxyl groups excluding tert-OH is 1. The number of thioether (sulfide) groups is 1. The average molecular weight is 625 g/mol. The molecule has 0 radical (unpaired) electrons. The average Bonchev–Trinajstić information content (AvgIpc) is 3.55. The zero-order chi connectivity index (χ0) is 28.4. The van der Waals surface area contributed by atoms with Gasteiger partial charge in [0, 0.05) is 41.9 Å². The van der Waals surface area contributed by atoms with Crippen LogP contribution in [0.1, 0.15) is 12.0 Å². The first kappa shape index (κ1) is 28.6. The molecule has 0 saturated carbocycles. The quantitative estimate of drug-likeness (QED) is 0.304. The first-order valence-corrected chi connectivity index (χ1v) is 15.3. The number of β-amino-alcohol motifs (C(OH)–C–C–N with tert-alkyl or cyclic N) is 1. The predicted octanol–water partition coefficient (Wildman–Crippen LogP) is 3.88. The first-order valence-electron chi connectivity index (χ1n) is 13.5. The van der Waals surface area contributed by atoms with Gasteiger partial charge in [0.2, 0.25) is 17.7 Å². The van der Waals surface area contributed by atoms with Crippen molar-refractivity contribution in [3.63, 3.8) is 0 Å². The van der Waals surface area contributed by atoms with Gasteiger partial charge in [-0.25, -0.2) is 0 Å². The molecular weight excluding hydrogens is 590 g/mol. The number of carbonyl (C=O) groups is 3. The number of anilines is 1. The molecule has 0 aliphatic carbocycles. The normalized spacial score (nSPS) is 28.3. The van der Waals surface area contributed by atoms with Crippen LogP contribution in [0.25, 0.3) is 0 Å². The van der Waals surface area contributed by atoms with Crippen molar-refractivity contribution in [2.75, 3.05) is 31.1 Å². The largest absolute Gasteiger partial charge is 0.395 e. The number of likely N-dealkylation sites (tertiary alicyclic amines) is 1. The zero-order valence-electron chi connectivity index (χ0n) is 22.3. The van der Waals surface area contributed by atoms with Crippen LogP contribution in [0.2, 0.25) is 0 Å². The van der Waals surface area contributed by atoms with E-state index in [4.69, 9.17) is 0 Å². The van der Waals surface area contributed by atoms with E-state index in [2.05, 4.69) is 29.1 Å². The molecule has 1 N–H and O–H groups in total. The van der Waals surface area contributed by atoms with Crippen LogP contribution < -0.4 is 4.90 Å². The highest BCUT2D eigenvalue weighted by molar-refractivity contribution is 9.09. The van der Waals surface area contributed by atoms with Gasteiger partial charge in [0.05, 0.1) is 23.2 Å². The number of rotatable bonds is 11. The van der Waals surface area contributed by atoms with E-state index in [1.54, 1.807) is 33.7 Å². The second-order valence-corrected chi connectivity index (χ2v) is 13.2. The van der Waals surface area contributed by atoms with E-state index in [1.807, 2.05) is 60.7 Å². The van der Waals surface area contributed by atoms with Crippen LogP contribution in [0.4, 0.5) is 5.69 Å². The minimum absolute atomic E-state index is 0.0366. The van der Waals surface area contributed by atoms with Gasteiger partial charge in [-0.3, -0.25) is 14.4 Å². The summed E-state index contributed by atoms with van der Waals surface area (Å²) >= 11 is 5.42. The highest BCUT2D eigenvalue weighted by Crippen LogP contribution is 2.68. The van der Waals surface area contributed by atoms with E-state index >= 15 is 0 Å². The van der Waals surface area contributed by atoms with Gasteiger partial charge in [-0.05, 0) is 24.1 Å². The topological polar surface area (TPSA) is 81.2 Å². The summed E-state index contributed by atoms with van der Waals surface area (Å²) < 4.78 is -0.783. The zero-order valence-corrected chi connectivity index (χ0v) is 24.7. The Bertz CT molecular complexity index is 1280. The van der Waals surface area contributed by atoms with Crippen LogP contribution in [-0.4, -0.2) is 79.7 Å². The summed E-state index contributed by atoms with van der Waals surface area (Å²) in [6.07, 6.45) is 3.96. The molecule has 210 valence electrons. The van der Waals surface area contributed by atoms with Crippen molar-refractivity contribution in [2.24, 2.45) is 11.8 Å². The summed E-state index contributed by atoms with van der Waals surface area (Å²) in [5, 5.41) is 9.79. The number of hydrogen-bond donors (Lipinski definition) is 1. The van der Waals surface area contributed by atoms with Crippen molar-refractivity contribution in [1.82, 2.24) is 9.80 Å². The summed E-state index contributed by atoms with van der Waals surface area (Å²) in [4.78, 5) is 47.8. The molecule has 1 spiro atoms. The number of carbonyl (C=O) groups excluding carboxylic acids is 3. The lowest BCUT2D eigenvalue weighted by atomic mass is 9.70.